The summed E-state index contributed by atoms with van der Waals surface area (Å²) < 4.78 is 0. The molecule has 1 aromatic heterocycles. The highest BCUT2D eigenvalue weighted by atomic mass is 15.0. The van der Waals surface area contributed by atoms with Crippen molar-refractivity contribution in [1.29, 1.82) is 0 Å². The number of rotatable bonds is 2. The monoisotopic (exact) mass is 180 g/mol. The summed E-state index contributed by atoms with van der Waals surface area (Å²) >= 11 is 0. The van der Waals surface area contributed by atoms with Crippen LogP contribution in [0.2, 0.25) is 0 Å². The summed E-state index contributed by atoms with van der Waals surface area (Å²) in [6.07, 6.45) is 1.50. The fourth-order valence-electron chi connectivity index (χ4n) is 0.839. The maximum Gasteiger partial charge on any atom is 0.155 e. The molecule has 0 fully saturated rings. The Balaban J connectivity index is 0.000000671. The van der Waals surface area contributed by atoms with Crippen molar-refractivity contribution < 1.29 is 0 Å². The van der Waals surface area contributed by atoms with Gasteiger partial charge in [0.2, 0.25) is 0 Å². The van der Waals surface area contributed by atoms with Gasteiger partial charge in [-0.25, -0.2) is 9.97 Å². The number of aliphatic imine (C=N–C) groups is 1. The highest BCUT2D eigenvalue weighted by molar-refractivity contribution is 5.64. The molecular weight excluding hydrogens is 164 g/mol. The van der Waals surface area contributed by atoms with E-state index in [4.69, 9.17) is 0 Å². The molecule has 0 saturated heterocycles. The first-order valence-corrected chi connectivity index (χ1v) is 4.25. The summed E-state index contributed by atoms with van der Waals surface area (Å²) in [5.74, 6) is 0.715. The van der Waals surface area contributed by atoms with E-state index in [0.29, 0.717) is 5.82 Å². The molecule has 13 heavy (non-hydrogen) atoms. The van der Waals surface area contributed by atoms with Crippen LogP contribution in [0.15, 0.2) is 11.3 Å². The first kappa shape index (κ1) is 11.6. The van der Waals surface area contributed by atoms with Gasteiger partial charge in [0.15, 0.2) is 5.82 Å². The van der Waals surface area contributed by atoms with Crippen LogP contribution in [-0.2, 0) is 0 Å². The number of hydrogen-bond donors (Lipinski definition) is 1. The first-order valence-electron chi connectivity index (χ1n) is 4.25. The largest absolute Gasteiger partial charge is 0.371 e. The summed E-state index contributed by atoms with van der Waals surface area (Å²) in [5.41, 5.74) is 1.55. The third-order valence-corrected chi connectivity index (χ3v) is 1.40. The van der Waals surface area contributed by atoms with E-state index in [-0.39, 0.29) is 0 Å². The van der Waals surface area contributed by atoms with E-state index in [1.165, 1.54) is 6.33 Å². The number of nitrogens with one attached hydrogen (secondary N) is 1. The van der Waals surface area contributed by atoms with Crippen LogP contribution < -0.4 is 5.32 Å². The number of anilines is 1. The topological polar surface area (TPSA) is 50.2 Å². The molecule has 0 atom stereocenters. The van der Waals surface area contributed by atoms with Crippen LogP contribution in [0.5, 0.6) is 0 Å². The van der Waals surface area contributed by atoms with Crippen LogP contribution in [0.25, 0.3) is 0 Å². The lowest BCUT2D eigenvalue weighted by molar-refractivity contribution is 1.09. The molecule has 72 valence electrons. The predicted octanol–water partition coefficient (Wildman–Crippen LogP) is 2.19. The third kappa shape index (κ3) is 2.82. The van der Waals surface area contributed by atoms with Crippen LogP contribution in [-0.4, -0.2) is 23.7 Å². The van der Waals surface area contributed by atoms with Crippen LogP contribution >= 0.6 is 0 Å². The number of aromatic nitrogens is 2. The second-order valence-electron chi connectivity index (χ2n) is 2.06. The Morgan fingerprint density at radius 1 is 1.38 bits per heavy atom. The van der Waals surface area contributed by atoms with E-state index < -0.39 is 0 Å². The molecule has 0 aromatic carbocycles. The van der Waals surface area contributed by atoms with Gasteiger partial charge in [-0.15, -0.1) is 0 Å². The zero-order valence-electron chi connectivity index (χ0n) is 8.63. The Bertz CT molecular complexity index is 270. The van der Waals surface area contributed by atoms with E-state index in [1.807, 2.05) is 20.8 Å². The Hall–Kier alpha value is -1.45. The molecule has 1 aromatic rings. The lowest BCUT2D eigenvalue weighted by Crippen LogP contribution is -1.95. The smallest absolute Gasteiger partial charge is 0.155 e. The van der Waals surface area contributed by atoms with Crippen molar-refractivity contribution in [3.8, 4) is 0 Å². The van der Waals surface area contributed by atoms with Gasteiger partial charge in [0.05, 0.1) is 5.69 Å². The zero-order chi connectivity index (χ0) is 10.3. The minimum absolute atomic E-state index is 0.715. The first-order chi connectivity index (χ1) is 6.29. The molecule has 0 spiro atoms. The Labute approximate surface area is 79.1 Å². The molecule has 0 bridgehead atoms. The molecule has 0 aliphatic carbocycles. The van der Waals surface area contributed by atoms with Gasteiger partial charge < -0.3 is 5.32 Å². The third-order valence-electron chi connectivity index (χ3n) is 1.40. The fraction of sp³-hybridized carbons (Fsp3) is 0.444. The highest BCUT2D eigenvalue weighted by Crippen LogP contribution is 2.22. The van der Waals surface area contributed by atoms with Gasteiger partial charge in [0.25, 0.3) is 0 Å². The molecule has 1 rings (SSSR count). The van der Waals surface area contributed by atoms with Crippen LogP contribution in [0, 0.1) is 6.92 Å². The molecule has 0 aliphatic rings. The summed E-state index contributed by atoms with van der Waals surface area (Å²) in [5, 5.41) is 2.90. The molecule has 0 unspecified atom stereocenters. The fourth-order valence-corrected chi connectivity index (χ4v) is 0.839. The van der Waals surface area contributed by atoms with Gasteiger partial charge in [-0.05, 0) is 13.6 Å². The molecular formula is C9H16N4. The minimum atomic E-state index is 0.715. The molecule has 0 radical (unpaired) electrons. The van der Waals surface area contributed by atoms with Crippen molar-refractivity contribution in [2.45, 2.75) is 20.8 Å². The molecule has 1 N–H and O–H groups in total. The van der Waals surface area contributed by atoms with Crippen molar-refractivity contribution in [2.24, 2.45) is 4.99 Å². The van der Waals surface area contributed by atoms with Crippen molar-refractivity contribution in [1.82, 2.24) is 9.97 Å². The second kappa shape index (κ2) is 6.11. The summed E-state index contributed by atoms with van der Waals surface area (Å²) in [6, 6.07) is 0. The lowest BCUT2D eigenvalue weighted by Gasteiger charge is -2.03. The molecule has 4 heteroatoms. The summed E-state index contributed by atoms with van der Waals surface area (Å²) in [7, 11) is 1.79. The maximum atomic E-state index is 3.97. The van der Waals surface area contributed by atoms with E-state index >= 15 is 0 Å². The summed E-state index contributed by atoms with van der Waals surface area (Å²) in [4.78, 5) is 11.7. The van der Waals surface area contributed by atoms with Gasteiger partial charge in [-0.1, -0.05) is 13.8 Å². The van der Waals surface area contributed by atoms with E-state index in [9.17, 15) is 0 Å². The Morgan fingerprint density at radius 3 is 2.38 bits per heavy atom. The molecule has 1 heterocycles. The molecule has 0 saturated carbocycles. The molecule has 0 aliphatic heterocycles. The van der Waals surface area contributed by atoms with Crippen LogP contribution in [0.3, 0.4) is 0 Å². The van der Waals surface area contributed by atoms with Gasteiger partial charge in [-0.2, -0.15) is 0 Å². The van der Waals surface area contributed by atoms with Crippen molar-refractivity contribution >= 4 is 18.2 Å². The second-order valence-corrected chi connectivity index (χ2v) is 2.06. The van der Waals surface area contributed by atoms with Gasteiger partial charge in [0.1, 0.15) is 12.0 Å². The highest BCUT2D eigenvalue weighted by Gasteiger charge is 2.02. The van der Waals surface area contributed by atoms with Crippen molar-refractivity contribution in [2.75, 3.05) is 12.4 Å². The van der Waals surface area contributed by atoms with Crippen LogP contribution in [0.4, 0.5) is 11.5 Å². The van der Waals surface area contributed by atoms with E-state index in [0.717, 1.165) is 11.4 Å². The molecule has 0 amide bonds. The zero-order valence-corrected chi connectivity index (χ0v) is 8.63. The number of hydrogen-bond acceptors (Lipinski definition) is 4. The quantitative estimate of drug-likeness (QED) is 0.710. The predicted molar refractivity (Wildman–Crippen MR) is 56.9 cm³/mol. The standard InChI is InChI=1S/C7H10N4.C2H6/c1-5-6(8-2)7(9-3)11-4-10-5;1-2/h4H,2H2,1,3H3,(H,9,10,11);1-2H3. The average molecular weight is 180 g/mol. The lowest BCUT2D eigenvalue weighted by atomic mass is 10.3. The van der Waals surface area contributed by atoms with Crippen molar-refractivity contribution in [3.05, 3.63) is 12.0 Å². The normalized spacial score (nSPS) is 8.31. The SMILES string of the molecule is C=Nc1c(C)ncnc1NC.CC. The maximum absolute atomic E-state index is 3.97. The summed E-state index contributed by atoms with van der Waals surface area (Å²) in [6.45, 7) is 9.30. The van der Waals surface area contributed by atoms with Crippen LogP contribution in [0.1, 0.15) is 19.5 Å². The number of nitrogens with zero attached hydrogens (tertiary/aromatic N) is 3. The molecule has 4 nitrogen and oxygen atoms in total. The van der Waals surface area contributed by atoms with E-state index in [2.05, 4.69) is 27.0 Å². The number of aryl methyl sites for hydroxylation is 1. The van der Waals surface area contributed by atoms with Gasteiger partial charge in [-0.3, -0.25) is 4.99 Å². The van der Waals surface area contributed by atoms with Gasteiger partial charge >= 0.3 is 0 Å². The Morgan fingerprint density at radius 2 is 2.00 bits per heavy atom. The van der Waals surface area contributed by atoms with Crippen molar-refractivity contribution in [3.63, 3.8) is 0 Å². The average Bonchev–Trinajstić information content (AvgIpc) is 2.20. The Kier molecular flexibility index (Phi) is 5.43. The van der Waals surface area contributed by atoms with E-state index in [1.54, 1.807) is 7.05 Å². The minimum Gasteiger partial charge on any atom is -0.371 e. The van der Waals surface area contributed by atoms with Gasteiger partial charge in [0, 0.05) is 7.05 Å².